The van der Waals surface area contributed by atoms with Crippen molar-refractivity contribution in [2.24, 2.45) is 11.8 Å². The van der Waals surface area contributed by atoms with Crippen molar-refractivity contribution in [2.45, 2.75) is 25.3 Å². The van der Waals surface area contributed by atoms with Crippen LogP contribution in [0.3, 0.4) is 0 Å². The van der Waals surface area contributed by atoms with E-state index >= 15 is 0 Å². The van der Waals surface area contributed by atoms with Gasteiger partial charge in [0, 0.05) is 6.20 Å². The molecule has 2 aliphatic rings. The largest absolute Gasteiger partial charge is 0.268 e. The molecule has 0 aliphatic heterocycles. The molecule has 0 spiro atoms. The van der Waals surface area contributed by atoms with Gasteiger partial charge in [-0.2, -0.15) is 5.10 Å². The quantitative estimate of drug-likeness (QED) is 0.721. The van der Waals surface area contributed by atoms with Gasteiger partial charge < -0.3 is 0 Å². The molecule has 12 heavy (non-hydrogen) atoms. The number of aromatic nitrogens is 2. The smallest absolute Gasteiger partial charge is 0.0632 e. The van der Waals surface area contributed by atoms with E-state index in [0.29, 0.717) is 0 Å². The standard InChI is InChI=1S/C9H11BrN2/c10-6-4-11-12(5-6)9-7-2-1-3-8(7)9/h4-5,7-9H,1-3H2. The molecule has 2 nitrogen and oxygen atoms in total. The van der Waals surface area contributed by atoms with E-state index in [0.717, 1.165) is 22.4 Å². The first-order valence-electron chi connectivity index (χ1n) is 4.56. The maximum atomic E-state index is 4.33. The molecule has 2 fully saturated rings. The van der Waals surface area contributed by atoms with Crippen LogP contribution >= 0.6 is 15.9 Å². The summed E-state index contributed by atoms with van der Waals surface area (Å²) in [5, 5.41) is 4.33. The molecule has 1 aromatic rings. The van der Waals surface area contributed by atoms with Gasteiger partial charge in [-0.3, -0.25) is 4.68 Å². The van der Waals surface area contributed by atoms with Crippen molar-refractivity contribution in [1.82, 2.24) is 9.78 Å². The van der Waals surface area contributed by atoms with E-state index in [-0.39, 0.29) is 0 Å². The first-order valence-corrected chi connectivity index (χ1v) is 5.35. The molecule has 0 amide bonds. The van der Waals surface area contributed by atoms with Crippen LogP contribution in [0.5, 0.6) is 0 Å². The van der Waals surface area contributed by atoms with Crippen LogP contribution in [-0.4, -0.2) is 9.78 Å². The minimum atomic E-state index is 0.741. The molecule has 64 valence electrons. The van der Waals surface area contributed by atoms with Crippen molar-refractivity contribution in [3.8, 4) is 0 Å². The summed E-state index contributed by atoms with van der Waals surface area (Å²) in [6.07, 6.45) is 8.27. The van der Waals surface area contributed by atoms with Crippen molar-refractivity contribution in [2.75, 3.05) is 0 Å². The Morgan fingerprint density at radius 2 is 2.17 bits per heavy atom. The highest BCUT2D eigenvalue weighted by atomic mass is 79.9. The van der Waals surface area contributed by atoms with Crippen LogP contribution < -0.4 is 0 Å². The number of nitrogens with zero attached hydrogens (tertiary/aromatic N) is 2. The zero-order valence-electron chi connectivity index (χ0n) is 6.78. The lowest BCUT2D eigenvalue weighted by Crippen LogP contribution is -1.99. The zero-order chi connectivity index (χ0) is 8.13. The van der Waals surface area contributed by atoms with Crippen molar-refractivity contribution < 1.29 is 0 Å². The molecule has 3 rings (SSSR count). The van der Waals surface area contributed by atoms with E-state index in [1.807, 2.05) is 6.20 Å². The summed E-state index contributed by atoms with van der Waals surface area (Å²) in [6.45, 7) is 0. The molecule has 3 heteroatoms. The Balaban J connectivity index is 1.84. The van der Waals surface area contributed by atoms with Gasteiger partial charge in [0.2, 0.25) is 0 Å². The first kappa shape index (κ1) is 7.13. The minimum Gasteiger partial charge on any atom is -0.268 e. The molecule has 1 aromatic heterocycles. The van der Waals surface area contributed by atoms with Crippen molar-refractivity contribution in [1.29, 1.82) is 0 Å². The lowest BCUT2D eigenvalue weighted by atomic mass is 10.2. The van der Waals surface area contributed by atoms with Gasteiger partial charge in [0.15, 0.2) is 0 Å². The van der Waals surface area contributed by atoms with Crippen LogP contribution in [0.4, 0.5) is 0 Å². The van der Waals surface area contributed by atoms with E-state index < -0.39 is 0 Å². The molecule has 2 saturated carbocycles. The fourth-order valence-corrected chi connectivity index (χ4v) is 2.96. The number of fused-ring (bicyclic) bond motifs is 1. The minimum absolute atomic E-state index is 0.741. The number of hydrogen-bond acceptors (Lipinski definition) is 1. The fraction of sp³-hybridized carbons (Fsp3) is 0.667. The molecule has 0 aromatic carbocycles. The Morgan fingerprint density at radius 1 is 1.42 bits per heavy atom. The van der Waals surface area contributed by atoms with Crippen molar-refractivity contribution >= 4 is 15.9 Å². The SMILES string of the molecule is Brc1cnn(C2C3CCCC32)c1. The van der Waals surface area contributed by atoms with Crippen LogP contribution in [0, 0.1) is 11.8 Å². The topological polar surface area (TPSA) is 17.8 Å². The number of halogens is 1. The highest BCUT2D eigenvalue weighted by Gasteiger charge is 2.54. The van der Waals surface area contributed by atoms with Gasteiger partial charge in [-0.25, -0.2) is 0 Å². The zero-order valence-corrected chi connectivity index (χ0v) is 8.37. The predicted molar refractivity (Wildman–Crippen MR) is 49.8 cm³/mol. The van der Waals surface area contributed by atoms with Gasteiger partial charge in [0.25, 0.3) is 0 Å². The summed E-state index contributed by atoms with van der Waals surface area (Å²) in [5.74, 6) is 1.91. The Kier molecular flexibility index (Phi) is 1.39. The maximum absolute atomic E-state index is 4.33. The van der Waals surface area contributed by atoms with Gasteiger partial charge in [-0.15, -0.1) is 0 Å². The molecule has 0 saturated heterocycles. The van der Waals surface area contributed by atoms with E-state index in [2.05, 4.69) is 31.9 Å². The van der Waals surface area contributed by atoms with Gasteiger partial charge >= 0.3 is 0 Å². The second kappa shape index (κ2) is 2.34. The van der Waals surface area contributed by atoms with Gasteiger partial charge in [-0.05, 0) is 40.6 Å². The highest BCUT2D eigenvalue weighted by Crippen LogP contribution is 2.60. The van der Waals surface area contributed by atoms with E-state index in [4.69, 9.17) is 0 Å². The molecular formula is C9H11BrN2. The van der Waals surface area contributed by atoms with Crippen LogP contribution in [0.25, 0.3) is 0 Å². The van der Waals surface area contributed by atoms with Gasteiger partial charge in [0.1, 0.15) is 0 Å². The Labute approximate surface area is 80.1 Å². The molecule has 2 atom stereocenters. The number of rotatable bonds is 1. The Hall–Kier alpha value is -0.310. The van der Waals surface area contributed by atoms with Gasteiger partial charge in [-0.1, -0.05) is 6.42 Å². The molecular weight excluding hydrogens is 216 g/mol. The van der Waals surface area contributed by atoms with Crippen LogP contribution in [-0.2, 0) is 0 Å². The molecule has 0 N–H and O–H groups in total. The summed E-state index contributed by atoms with van der Waals surface area (Å²) in [7, 11) is 0. The first-order chi connectivity index (χ1) is 5.86. The molecule has 0 radical (unpaired) electrons. The number of hydrogen-bond donors (Lipinski definition) is 0. The molecule has 0 bridgehead atoms. The van der Waals surface area contributed by atoms with E-state index in [1.165, 1.54) is 19.3 Å². The normalized spacial score (nSPS) is 38.2. The fourth-order valence-electron chi connectivity index (χ4n) is 2.65. The van der Waals surface area contributed by atoms with E-state index in [1.54, 1.807) is 0 Å². The summed E-state index contributed by atoms with van der Waals surface area (Å²) in [4.78, 5) is 0. The Morgan fingerprint density at radius 3 is 2.75 bits per heavy atom. The second-order valence-corrected chi connectivity index (χ2v) is 4.80. The summed E-state index contributed by atoms with van der Waals surface area (Å²) >= 11 is 3.42. The average Bonchev–Trinajstić information content (AvgIpc) is 2.55. The summed E-state index contributed by atoms with van der Waals surface area (Å²) < 4.78 is 3.24. The van der Waals surface area contributed by atoms with Crippen LogP contribution in [0.2, 0.25) is 0 Å². The van der Waals surface area contributed by atoms with Crippen LogP contribution in [0.15, 0.2) is 16.9 Å². The maximum Gasteiger partial charge on any atom is 0.0632 e. The third-order valence-electron chi connectivity index (χ3n) is 3.24. The van der Waals surface area contributed by atoms with Gasteiger partial charge in [0.05, 0.1) is 16.7 Å². The molecule has 1 heterocycles. The van der Waals surface area contributed by atoms with Crippen molar-refractivity contribution in [3.05, 3.63) is 16.9 Å². The molecule has 2 unspecified atom stereocenters. The average molecular weight is 227 g/mol. The highest BCUT2D eigenvalue weighted by molar-refractivity contribution is 9.10. The predicted octanol–water partition coefficient (Wildman–Crippen LogP) is 2.62. The summed E-state index contributed by atoms with van der Waals surface area (Å²) in [6, 6.07) is 0.741. The van der Waals surface area contributed by atoms with E-state index in [9.17, 15) is 0 Å². The molecule has 2 aliphatic carbocycles. The second-order valence-electron chi connectivity index (χ2n) is 3.89. The Bertz CT molecular complexity index is 297. The summed E-state index contributed by atoms with van der Waals surface area (Å²) in [5.41, 5.74) is 0. The van der Waals surface area contributed by atoms with Crippen molar-refractivity contribution in [3.63, 3.8) is 0 Å². The third-order valence-corrected chi connectivity index (χ3v) is 3.65. The lowest BCUT2D eigenvalue weighted by molar-refractivity contribution is 0.516. The third kappa shape index (κ3) is 0.889. The lowest BCUT2D eigenvalue weighted by Gasteiger charge is -2.01. The monoisotopic (exact) mass is 226 g/mol. The van der Waals surface area contributed by atoms with Crippen LogP contribution in [0.1, 0.15) is 25.3 Å².